The maximum absolute atomic E-state index is 11.8. The van der Waals surface area contributed by atoms with Gasteiger partial charge in [-0.2, -0.15) is 0 Å². The molecular weight excluding hydrogens is 370 g/mol. The molecule has 2 N–H and O–H groups in total. The Morgan fingerprint density at radius 3 is 2.14 bits per heavy atom. The highest BCUT2D eigenvalue weighted by Crippen LogP contribution is 2.18. The Morgan fingerprint density at radius 2 is 1.61 bits per heavy atom. The molecule has 0 unspecified atom stereocenters. The second-order valence-electron chi connectivity index (χ2n) is 7.30. The molecular formula is C22H31N3O2S. The normalized spacial score (nSPS) is 12.1. The van der Waals surface area contributed by atoms with Gasteiger partial charge in [-0.05, 0) is 68.5 Å². The quantitative estimate of drug-likeness (QED) is 0.573. The van der Waals surface area contributed by atoms with Crippen molar-refractivity contribution in [3.8, 4) is 0 Å². The number of guanidine groups is 1. The van der Waals surface area contributed by atoms with Gasteiger partial charge in [-0.1, -0.05) is 29.8 Å². The van der Waals surface area contributed by atoms with Crippen LogP contribution in [0.3, 0.4) is 0 Å². The lowest BCUT2D eigenvalue weighted by Crippen LogP contribution is -2.37. The van der Waals surface area contributed by atoms with E-state index in [9.17, 15) is 8.42 Å². The average molecular weight is 402 g/mol. The molecule has 0 saturated carbocycles. The molecule has 0 atom stereocenters. The number of hydrogen-bond donors (Lipinski definition) is 2. The molecule has 2 aromatic rings. The molecule has 0 aliphatic rings. The first-order chi connectivity index (χ1) is 13.1. The Bertz CT molecular complexity index is 956. The maximum atomic E-state index is 11.8. The summed E-state index contributed by atoms with van der Waals surface area (Å²) in [5.74, 6) is 0.742. The van der Waals surface area contributed by atoms with Gasteiger partial charge in [0.15, 0.2) is 15.8 Å². The van der Waals surface area contributed by atoms with E-state index < -0.39 is 9.84 Å². The Kier molecular flexibility index (Phi) is 7.24. The predicted molar refractivity (Wildman–Crippen MR) is 117 cm³/mol. The van der Waals surface area contributed by atoms with Gasteiger partial charge in [-0.3, -0.25) is 0 Å². The van der Waals surface area contributed by atoms with Crippen LogP contribution in [0.15, 0.2) is 40.2 Å². The van der Waals surface area contributed by atoms with E-state index in [0.29, 0.717) is 18.0 Å². The van der Waals surface area contributed by atoms with Crippen molar-refractivity contribution in [1.29, 1.82) is 0 Å². The number of benzene rings is 2. The Morgan fingerprint density at radius 1 is 0.964 bits per heavy atom. The van der Waals surface area contributed by atoms with Crippen molar-refractivity contribution in [2.75, 3.05) is 12.8 Å². The number of nitrogens with one attached hydrogen (secondary N) is 2. The van der Waals surface area contributed by atoms with Crippen molar-refractivity contribution in [2.45, 2.75) is 52.6 Å². The summed E-state index contributed by atoms with van der Waals surface area (Å²) in [5, 5.41) is 6.67. The number of hydrogen-bond acceptors (Lipinski definition) is 3. The molecule has 5 nitrogen and oxygen atoms in total. The van der Waals surface area contributed by atoms with Crippen LogP contribution in [-0.2, 0) is 22.9 Å². The molecule has 0 aromatic heterocycles. The van der Waals surface area contributed by atoms with Crippen LogP contribution in [0.25, 0.3) is 0 Å². The third kappa shape index (κ3) is 5.83. The zero-order valence-corrected chi connectivity index (χ0v) is 18.5. The second kappa shape index (κ2) is 9.24. The Hall–Kier alpha value is -2.34. The molecule has 2 aromatic carbocycles. The van der Waals surface area contributed by atoms with E-state index in [4.69, 9.17) is 0 Å². The molecule has 0 saturated heterocycles. The summed E-state index contributed by atoms with van der Waals surface area (Å²) in [7, 11) is -3.20. The second-order valence-corrected chi connectivity index (χ2v) is 9.28. The van der Waals surface area contributed by atoms with Crippen molar-refractivity contribution in [3.63, 3.8) is 0 Å². The van der Waals surface area contributed by atoms with Crippen LogP contribution in [0.4, 0.5) is 0 Å². The van der Waals surface area contributed by atoms with Gasteiger partial charge in [0.2, 0.25) is 0 Å². The number of nitrogens with zero attached hydrogens (tertiary/aromatic N) is 1. The minimum Gasteiger partial charge on any atom is -0.357 e. The topological polar surface area (TPSA) is 70.6 Å². The zero-order valence-electron chi connectivity index (χ0n) is 17.7. The van der Waals surface area contributed by atoms with Crippen LogP contribution < -0.4 is 10.6 Å². The fourth-order valence-corrected chi connectivity index (χ4v) is 4.36. The average Bonchev–Trinajstić information content (AvgIpc) is 2.57. The largest absolute Gasteiger partial charge is 0.357 e. The first-order valence-electron chi connectivity index (χ1n) is 9.50. The Labute approximate surface area is 169 Å². The first kappa shape index (κ1) is 22.0. The van der Waals surface area contributed by atoms with Crippen molar-refractivity contribution < 1.29 is 8.42 Å². The van der Waals surface area contributed by atoms with E-state index in [1.807, 2.05) is 26.0 Å². The fraction of sp³-hybridized carbons (Fsp3) is 0.409. The maximum Gasteiger partial charge on any atom is 0.191 e. The summed E-state index contributed by atoms with van der Waals surface area (Å²) in [6.45, 7) is 12.2. The van der Waals surface area contributed by atoms with Gasteiger partial charge in [0.1, 0.15) is 0 Å². The number of rotatable bonds is 6. The molecule has 0 bridgehead atoms. The first-order valence-corrected chi connectivity index (χ1v) is 11.4. The van der Waals surface area contributed by atoms with Gasteiger partial charge >= 0.3 is 0 Å². The minimum atomic E-state index is -3.20. The molecule has 2 rings (SSSR count). The summed E-state index contributed by atoms with van der Waals surface area (Å²) in [6.07, 6.45) is 1.23. The van der Waals surface area contributed by atoms with Crippen LogP contribution in [0.5, 0.6) is 0 Å². The summed E-state index contributed by atoms with van der Waals surface area (Å²) < 4.78 is 23.5. The lowest BCUT2D eigenvalue weighted by atomic mass is 10.00. The van der Waals surface area contributed by atoms with Crippen LogP contribution in [0, 0.1) is 27.7 Å². The van der Waals surface area contributed by atoms with E-state index >= 15 is 0 Å². The molecule has 0 radical (unpaired) electrons. The molecule has 6 heteroatoms. The highest BCUT2D eigenvalue weighted by molar-refractivity contribution is 7.90. The van der Waals surface area contributed by atoms with Crippen LogP contribution in [-0.4, -0.2) is 27.2 Å². The summed E-state index contributed by atoms with van der Waals surface area (Å²) in [4.78, 5) is 5.02. The molecule has 152 valence electrons. The van der Waals surface area contributed by atoms with Gasteiger partial charge in [0, 0.05) is 19.3 Å². The third-order valence-corrected chi connectivity index (χ3v) is 5.93. The number of aliphatic imine (C=N–C) groups is 1. The van der Waals surface area contributed by atoms with Gasteiger partial charge in [-0.15, -0.1) is 0 Å². The number of sulfone groups is 1. The molecule has 0 heterocycles. The summed E-state index contributed by atoms with van der Waals surface area (Å²) in [5.41, 5.74) is 6.82. The lowest BCUT2D eigenvalue weighted by Gasteiger charge is -2.15. The van der Waals surface area contributed by atoms with E-state index in [-0.39, 0.29) is 0 Å². The molecule has 0 fully saturated rings. The Balaban J connectivity index is 2.14. The van der Waals surface area contributed by atoms with Crippen LogP contribution in [0.1, 0.15) is 40.3 Å². The van der Waals surface area contributed by atoms with Crippen molar-refractivity contribution in [2.24, 2.45) is 4.99 Å². The molecule has 0 aliphatic carbocycles. The van der Waals surface area contributed by atoms with Crippen molar-refractivity contribution in [3.05, 3.63) is 63.7 Å². The van der Waals surface area contributed by atoms with Gasteiger partial charge in [-0.25, -0.2) is 13.4 Å². The van der Waals surface area contributed by atoms with Crippen molar-refractivity contribution >= 4 is 15.8 Å². The van der Waals surface area contributed by atoms with Crippen LogP contribution >= 0.6 is 0 Å². The highest BCUT2D eigenvalue weighted by atomic mass is 32.2. The highest BCUT2D eigenvalue weighted by Gasteiger charge is 2.11. The van der Waals surface area contributed by atoms with E-state index in [0.717, 1.165) is 23.6 Å². The smallest absolute Gasteiger partial charge is 0.191 e. The van der Waals surface area contributed by atoms with Gasteiger partial charge in [0.25, 0.3) is 0 Å². The monoisotopic (exact) mass is 401 g/mol. The minimum absolute atomic E-state index is 0.371. The van der Waals surface area contributed by atoms with E-state index in [1.165, 1.54) is 28.5 Å². The molecule has 0 amide bonds. The van der Waals surface area contributed by atoms with E-state index in [1.54, 1.807) is 6.07 Å². The van der Waals surface area contributed by atoms with E-state index in [2.05, 4.69) is 48.5 Å². The predicted octanol–water partition coefficient (Wildman–Crippen LogP) is 3.58. The van der Waals surface area contributed by atoms with Crippen molar-refractivity contribution in [1.82, 2.24) is 10.6 Å². The summed E-state index contributed by atoms with van der Waals surface area (Å²) in [6, 6.07) is 9.76. The SMILES string of the molecule is CCNC(=NCc1ccc(S(C)(=O)=O)c(C)c1)NCc1c(C)cc(C)cc1C. The number of aryl methyl sites for hydroxylation is 4. The standard InChI is InChI=1S/C22H31N3O2S/c1-7-23-22(25-14-20-16(3)10-15(2)11-17(20)4)24-13-19-8-9-21(18(5)12-19)28(6,26)27/h8-12H,7,13-14H2,1-6H3,(H2,23,24,25). The lowest BCUT2D eigenvalue weighted by molar-refractivity contribution is 0.601. The molecule has 28 heavy (non-hydrogen) atoms. The molecule has 0 spiro atoms. The third-order valence-electron chi connectivity index (χ3n) is 4.68. The van der Waals surface area contributed by atoms with Gasteiger partial charge < -0.3 is 10.6 Å². The van der Waals surface area contributed by atoms with Crippen LogP contribution in [0.2, 0.25) is 0 Å². The molecule has 0 aliphatic heterocycles. The zero-order chi connectivity index (χ0) is 20.9. The summed E-state index contributed by atoms with van der Waals surface area (Å²) >= 11 is 0. The fourth-order valence-electron chi connectivity index (χ4n) is 3.40. The van der Waals surface area contributed by atoms with Gasteiger partial charge in [0.05, 0.1) is 11.4 Å².